The van der Waals surface area contributed by atoms with Gasteiger partial charge in [0.05, 0.1) is 0 Å². The number of hydrogen-bond acceptors (Lipinski definition) is 2. The van der Waals surface area contributed by atoms with E-state index in [1.165, 1.54) is 5.56 Å². The van der Waals surface area contributed by atoms with E-state index in [2.05, 4.69) is 26.0 Å². The van der Waals surface area contributed by atoms with Crippen molar-refractivity contribution in [1.82, 2.24) is 0 Å². The molecule has 3 heteroatoms. The molecule has 1 N–H and O–H groups in total. The molecule has 94 valence electrons. The molecule has 1 aromatic rings. The zero-order valence-electron chi connectivity index (χ0n) is 11.0. The minimum Gasteiger partial charge on any atom is -0.480 e. The van der Waals surface area contributed by atoms with Crippen LogP contribution in [0, 0.1) is 0 Å². The molecular formula is C14H21NO2. The average Bonchev–Trinajstić information content (AvgIpc) is 2.30. The lowest BCUT2D eigenvalue weighted by Crippen LogP contribution is -2.38. The summed E-state index contributed by atoms with van der Waals surface area (Å²) >= 11 is 0. The van der Waals surface area contributed by atoms with Crippen LogP contribution in [-0.2, 0) is 4.79 Å². The fraction of sp³-hybridized carbons (Fsp3) is 0.500. The van der Waals surface area contributed by atoms with E-state index in [1.807, 2.05) is 24.0 Å². The first kappa shape index (κ1) is 13.6. The topological polar surface area (TPSA) is 40.5 Å². The number of rotatable bonds is 5. The van der Waals surface area contributed by atoms with Crippen molar-refractivity contribution in [3.63, 3.8) is 0 Å². The van der Waals surface area contributed by atoms with Gasteiger partial charge in [0.15, 0.2) is 0 Å². The Labute approximate surface area is 103 Å². The van der Waals surface area contributed by atoms with Crippen LogP contribution >= 0.6 is 0 Å². The van der Waals surface area contributed by atoms with Gasteiger partial charge in [-0.1, -0.05) is 26.0 Å². The fourth-order valence-corrected chi connectivity index (χ4v) is 1.86. The van der Waals surface area contributed by atoms with Gasteiger partial charge in [0.1, 0.15) is 6.04 Å². The lowest BCUT2D eigenvalue weighted by atomic mass is 10.0. The molecule has 1 unspecified atom stereocenters. The number of carboxylic acid groups (broad SMARTS) is 1. The summed E-state index contributed by atoms with van der Waals surface area (Å²) in [5.41, 5.74) is 2.24. The molecule has 17 heavy (non-hydrogen) atoms. The van der Waals surface area contributed by atoms with E-state index in [1.54, 1.807) is 6.92 Å². The lowest BCUT2D eigenvalue weighted by molar-refractivity contribution is -0.138. The minimum atomic E-state index is -0.792. The van der Waals surface area contributed by atoms with Crippen molar-refractivity contribution in [1.29, 1.82) is 0 Å². The molecular weight excluding hydrogens is 214 g/mol. The number of likely N-dealkylation sites (N-methyl/N-ethyl adjacent to an activating group) is 1. The predicted molar refractivity (Wildman–Crippen MR) is 70.6 cm³/mol. The van der Waals surface area contributed by atoms with Crippen LogP contribution in [0.1, 0.15) is 39.2 Å². The summed E-state index contributed by atoms with van der Waals surface area (Å²) in [5, 5.41) is 9.05. The van der Waals surface area contributed by atoms with Gasteiger partial charge in [-0.3, -0.25) is 0 Å². The van der Waals surface area contributed by atoms with Crippen LogP contribution in [0.15, 0.2) is 24.3 Å². The van der Waals surface area contributed by atoms with Crippen LogP contribution in [0.2, 0.25) is 0 Å². The first-order chi connectivity index (χ1) is 7.97. The van der Waals surface area contributed by atoms with E-state index in [0.29, 0.717) is 12.5 Å². The molecule has 0 saturated heterocycles. The van der Waals surface area contributed by atoms with E-state index < -0.39 is 12.0 Å². The SMILES string of the molecule is CCN(c1ccc(C(C)C)cc1)C(C)C(=O)O. The number of hydrogen-bond donors (Lipinski definition) is 1. The maximum absolute atomic E-state index is 11.0. The van der Waals surface area contributed by atoms with Crippen molar-refractivity contribution in [2.45, 2.75) is 39.7 Å². The number of nitrogens with zero attached hydrogens (tertiary/aromatic N) is 1. The largest absolute Gasteiger partial charge is 0.480 e. The molecule has 0 bridgehead atoms. The van der Waals surface area contributed by atoms with Crippen molar-refractivity contribution >= 4 is 11.7 Å². The molecule has 1 atom stereocenters. The first-order valence-corrected chi connectivity index (χ1v) is 6.06. The van der Waals surface area contributed by atoms with Gasteiger partial charge >= 0.3 is 5.97 Å². The Balaban J connectivity index is 2.93. The highest BCUT2D eigenvalue weighted by Crippen LogP contribution is 2.21. The number of carbonyl (C=O) groups is 1. The van der Waals surface area contributed by atoms with Gasteiger partial charge in [0.2, 0.25) is 0 Å². The second-order valence-electron chi connectivity index (χ2n) is 4.55. The number of aliphatic carboxylic acids is 1. The van der Waals surface area contributed by atoms with Crippen LogP contribution in [0.3, 0.4) is 0 Å². The molecule has 0 aliphatic carbocycles. The Morgan fingerprint density at radius 2 is 1.76 bits per heavy atom. The molecule has 0 saturated carbocycles. The van der Waals surface area contributed by atoms with E-state index >= 15 is 0 Å². The number of benzene rings is 1. The maximum atomic E-state index is 11.0. The molecule has 0 radical (unpaired) electrons. The second-order valence-corrected chi connectivity index (χ2v) is 4.55. The summed E-state index contributed by atoms with van der Waals surface area (Å²) in [6, 6.07) is 7.63. The minimum absolute atomic E-state index is 0.495. The second kappa shape index (κ2) is 5.71. The standard InChI is InChI=1S/C14H21NO2/c1-5-15(11(4)14(16)17)13-8-6-12(7-9-13)10(2)3/h6-11H,5H2,1-4H3,(H,16,17). The van der Waals surface area contributed by atoms with Crippen LogP contribution < -0.4 is 4.90 Å². The van der Waals surface area contributed by atoms with Gasteiger partial charge in [-0.2, -0.15) is 0 Å². The third-order valence-corrected chi connectivity index (χ3v) is 3.06. The Morgan fingerprint density at radius 1 is 1.24 bits per heavy atom. The molecule has 0 spiro atoms. The Kier molecular flexibility index (Phi) is 4.55. The van der Waals surface area contributed by atoms with Gasteiger partial charge in [-0.15, -0.1) is 0 Å². The molecule has 0 amide bonds. The van der Waals surface area contributed by atoms with Gasteiger partial charge in [-0.25, -0.2) is 4.79 Å². The van der Waals surface area contributed by atoms with Crippen LogP contribution in [0.25, 0.3) is 0 Å². The van der Waals surface area contributed by atoms with Gasteiger partial charge in [0.25, 0.3) is 0 Å². The third kappa shape index (κ3) is 3.22. The molecule has 1 rings (SSSR count). The van der Waals surface area contributed by atoms with Crippen molar-refractivity contribution in [3.8, 4) is 0 Å². The molecule has 0 heterocycles. The van der Waals surface area contributed by atoms with Gasteiger partial charge in [-0.05, 0) is 37.5 Å². The van der Waals surface area contributed by atoms with E-state index in [0.717, 1.165) is 5.69 Å². The number of anilines is 1. The quantitative estimate of drug-likeness (QED) is 0.852. The van der Waals surface area contributed by atoms with E-state index in [4.69, 9.17) is 5.11 Å². The molecule has 1 aromatic carbocycles. The monoisotopic (exact) mass is 235 g/mol. The summed E-state index contributed by atoms with van der Waals surface area (Å²) < 4.78 is 0. The van der Waals surface area contributed by atoms with Gasteiger partial charge in [0, 0.05) is 12.2 Å². The summed E-state index contributed by atoms with van der Waals surface area (Å²) in [6.45, 7) is 8.66. The Bertz CT molecular complexity index is 370. The average molecular weight is 235 g/mol. The summed E-state index contributed by atoms with van der Waals surface area (Å²) in [6.07, 6.45) is 0. The molecule has 0 aromatic heterocycles. The fourth-order valence-electron chi connectivity index (χ4n) is 1.86. The van der Waals surface area contributed by atoms with E-state index in [9.17, 15) is 4.79 Å². The Hall–Kier alpha value is -1.51. The zero-order chi connectivity index (χ0) is 13.0. The predicted octanol–water partition coefficient (Wildman–Crippen LogP) is 3.11. The third-order valence-electron chi connectivity index (χ3n) is 3.06. The normalized spacial score (nSPS) is 12.5. The Morgan fingerprint density at radius 3 is 2.12 bits per heavy atom. The van der Waals surface area contributed by atoms with Crippen molar-refractivity contribution in [2.75, 3.05) is 11.4 Å². The number of carboxylic acids is 1. The van der Waals surface area contributed by atoms with E-state index in [-0.39, 0.29) is 0 Å². The molecule has 0 aliphatic heterocycles. The zero-order valence-corrected chi connectivity index (χ0v) is 11.0. The lowest BCUT2D eigenvalue weighted by Gasteiger charge is -2.27. The first-order valence-electron chi connectivity index (χ1n) is 6.06. The van der Waals surface area contributed by atoms with Crippen LogP contribution in [0.4, 0.5) is 5.69 Å². The molecule has 3 nitrogen and oxygen atoms in total. The summed E-state index contributed by atoms with van der Waals surface area (Å²) in [7, 11) is 0. The van der Waals surface area contributed by atoms with Crippen molar-refractivity contribution in [3.05, 3.63) is 29.8 Å². The highest BCUT2D eigenvalue weighted by molar-refractivity contribution is 5.77. The summed E-state index contributed by atoms with van der Waals surface area (Å²) in [4.78, 5) is 12.9. The van der Waals surface area contributed by atoms with Crippen molar-refractivity contribution in [2.24, 2.45) is 0 Å². The van der Waals surface area contributed by atoms with Gasteiger partial charge < -0.3 is 10.0 Å². The highest BCUT2D eigenvalue weighted by Gasteiger charge is 2.19. The highest BCUT2D eigenvalue weighted by atomic mass is 16.4. The molecule has 0 fully saturated rings. The van der Waals surface area contributed by atoms with Crippen LogP contribution in [0.5, 0.6) is 0 Å². The summed E-state index contributed by atoms with van der Waals surface area (Å²) in [5.74, 6) is -0.296. The molecule has 0 aliphatic rings. The smallest absolute Gasteiger partial charge is 0.326 e. The van der Waals surface area contributed by atoms with Crippen LogP contribution in [-0.4, -0.2) is 23.7 Å². The maximum Gasteiger partial charge on any atom is 0.326 e. The van der Waals surface area contributed by atoms with Crippen molar-refractivity contribution < 1.29 is 9.90 Å².